The number of methoxy groups -OCH3 is 1. The van der Waals surface area contributed by atoms with Crippen molar-refractivity contribution in [3.05, 3.63) is 35.9 Å². The van der Waals surface area contributed by atoms with Gasteiger partial charge < -0.3 is 24.8 Å². The molecule has 2 heterocycles. The van der Waals surface area contributed by atoms with E-state index in [0.717, 1.165) is 45.3 Å². The smallest absolute Gasteiger partial charge is 0.317 e. The molecule has 172 valence electrons. The van der Waals surface area contributed by atoms with E-state index in [2.05, 4.69) is 22.3 Å². The van der Waals surface area contributed by atoms with Crippen molar-refractivity contribution in [2.75, 3.05) is 59.5 Å². The number of nitrogens with zero attached hydrogens (tertiary/aromatic N) is 3. The summed E-state index contributed by atoms with van der Waals surface area (Å²) >= 11 is 0. The van der Waals surface area contributed by atoms with Gasteiger partial charge in [-0.15, -0.1) is 0 Å². The highest BCUT2D eigenvalue weighted by Gasteiger charge is 2.30. The van der Waals surface area contributed by atoms with Crippen LogP contribution in [0.1, 0.15) is 37.7 Å². The van der Waals surface area contributed by atoms with Gasteiger partial charge in [-0.3, -0.25) is 4.79 Å². The van der Waals surface area contributed by atoms with Gasteiger partial charge in [0.2, 0.25) is 5.91 Å². The van der Waals surface area contributed by atoms with E-state index in [1.165, 1.54) is 31.5 Å². The van der Waals surface area contributed by atoms with Gasteiger partial charge in [0, 0.05) is 39.3 Å². The van der Waals surface area contributed by atoms with Crippen LogP contribution >= 0.6 is 0 Å². The lowest BCUT2D eigenvalue weighted by Crippen LogP contribution is -2.54. The van der Waals surface area contributed by atoms with E-state index in [4.69, 9.17) is 4.74 Å². The molecule has 0 aromatic heterocycles. The number of urea groups is 1. The predicted molar refractivity (Wildman–Crippen MR) is 122 cm³/mol. The summed E-state index contributed by atoms with van der Waals surface area (Å²) in [6, 6.07) is 10.2. The maximum absolute atomic E-state index is 12.7. The zero-order valence-corrected chi connectivity index (χ0v) is 18.9. The monoisotopic (exact) mass is 430 g/mol. The molecule has 0 spiro atoms. The summed E-state index contributed by atoms with van der Waals surface area (Å²) in [7, 11) is 1.56. The zero-order valence-electron chi connectivity index (χ0n) is 18.9. The molecule has 1 atom stereocenters. The van der Waals surface area contributed by atoms with Crippen molar-refractivity contribution in [1.29, 1.82) is 0 Å². The maximum atomic E-state index is 12.7. The molecule has 2 saturated heterocycles. The molecule has 1 unspecified atom stereocenters. The first-order valence-electron chi connectivity index (χ1n) is 11.7. The highest BCUT2D eigenvalue weighted by molar-refractivity contribution is 5.78. The van der Waals surface area contributed by atoms with Gasteiger partial charge in [0.25, 0.3) is 0 Å². The van der Waals surface area contributed by atoms with Crippen LogP contribution in [0.15, 0.2) is 30.3 Å². The fourth-order valence-electron chi connectivity index (χ4n) is 4.65. The molecule has 2 aliphatic heterocycles. The second kappa shape index (κ2) is 12.7. The summed E-state index contributed by atoms with van der Waals surface area (Å²) in [6.45, 7) is 6.17. The van der Waals surface area contributed by atoms with Gasteiger partial charge in [0.1, 0.15) is 6.61 Å². The average molecular weight is 431 g/mol. The summed E-state index contributed by atoms with van der Waals surface area (Å²) in [6.07, 6.45) is 6.20. The number of amides is 3. The molecule has 3 rings (SSSR count). The number of piperidine rings is 1. The minimum Gasteiger partial charge on any atom is -0.375 e. The second-order valence-corrected chi connectivity index (χ2v) is 8.63. The quantitative estimate of drug-likeness (QED) is 0.619. The standard InChI is InChI=1S/C24H38N4O3/c1-31-20-23(29)28(18-8-16-26-14-5-6-15-26)22-11-7-17-27(19-22)24(30)25-13-12-21-9-3-2-4-10-21/h2-4,9-10,22H,5-8,11-20H2,1H3,(H,25,30). The van der Waals surface area contributed by atoms with Gasteiger partial charge in [-0.05, 0) is 63.7 Å². The molecule has 31 heavy (non-hydrogen) atoms. The fraction of sp³-hybridized carbons (Fsp3) is 0.667. The Bertz CT molecular complexity index is 679. The van der Waals surface area contributed by atoms with Crippen LogP contribution in [-0.2, 0) is 16.0 Å². The van der Waals surface area contributed by atoms with E-state index in [1.807, 2.05) is 28.0 Å². The minimum atomic E-state index is -0.0307. The summed E-state index contributed by atoms with van der Waals surface area (Å²) in [5.74, 6) is 0.0280. The van der Waals surface area contributed by atoms with Crippen LogP contribution in [-0.4, -0.2) is 92.2 Å². The van der Waals surface area contributed by atoms with Crippen LogP contribution < -0.4 is 5.32 Å². The van der Waals surface area contributed by atoms with Crippen molar-refractivity contribution in [3.63, 3.8) is 0 Å². The molecule has 1 aromatic carbocycles. The Morgan fingerprint density at radius 1 is 1.13 bits per heavy atom. The third kappa shape index (κ3) is 7.51. The van der Waals surface area contributed by atoms with Crippen molar-refractivity contribution in [2.45, 2.75) is 44.6 Å². The first kappa shape index (κ1) is 23.5. The van der Waals surface area contributed by atoms with Crippen LogP contribution in [0.5, 0.6) is 0 Å². The molecule has 0 bridgehead atoms. The molecular formula is C24H38N4O3. The van der Waals surface area contributed by atoms with Gasteiger partial charge in [0.05, 0.1) is 0 Å². The predicted octanol–water partition coefficient (Wildman–Crippen LogP) is 2.36. The van der Waals surface area contributed by atoms with Crippen LogP contribution in [0.3, 0.4) is 0 Å². The Balaban J connectivity index is 1.49. The van der Waals surface area contributed by atoms with Crippen LogP contribution in [0.4, 0.5) is 4.79 Å². The number of nitrogens with one attached hydrogen (secondary N) is 1. The molecule has 3 amide bonds. The first-order valence-corrected chi connectivity index (χ1v) is 11.7. The van der Waals surface area contributed by atoms with Crippen LogP contribution in [0.25, 0.3) is 0 Å². The Hall–Kier alpha value is -2.12. The van der Waals surface area contributed by atoms with E-state index in [-0.39, 0.29) is 24.6 Å². The number of benzene rings is 1. The van der Waals surface area contributed by atoms with Gasteiger partial charge in [-0.25, -0.2) is 4.79 Å². The fourth-order valence-corrected chi connectivity index (χ4v) is 4.65. The van der Waals surface area contributed by atoms with Gasteiger partial charge in [-0.2, -0.15) is 0 Å². The van der Waals surface area contributed by atoms with Crippen molar-refractivity contribution < 1.29 is 14.3 Å². The van der Waals surface area contributed by atoms with Crippen molar-refractivity contribution >= 4 is 11.9 Å². The summed E-state index contributed by atoms with van der Waals surface area (Å²) in [4.78, 5) is 31.8. The number of carbonyl (C=O) groups excluding carboxylic acids is 2. The lowest BCUT2D eigenvalue weighted by atomic mass is 10.0. The van der Waals surface area contributed by atoms with Gasteiger partial charge in [0.15, 0.2) is 0 Å². The molecule has 2 fully saturated rings. The maximum Gasteiger partial charge on any atom is 0.317 e. The highest BCUT2D eigenvalue weighted by atomic mass is 16.5. The van der Waals surface area contributed by atoms with Gasteiger partial charge in [-0.1, -0.05) is 30.3 Å². The van der Waals surface area contributed by atoms with E-state index >= 15 is 0 Å². The van der Waals surface area contributed by atoms with E-state index in [0.29, 0.717) is 13.1 Å². The summed E-state index contributed by atoms with van der Waals surface area (Å²) < 4.78 is 5.13. The highest BCUT2D eigenvalue weighted by Crippen LogP contribution is 2.18. The molecule has 7 nitrogen and oxygen atoms in total. The SMILES string of the molecule is COCC(=O)N(CCCN1CCCC1)C1CCCN(C(=O)NCCc2ccccc2)C1. The molecule has 0 aliphatic carbocycles. The van der Waals surface area contributed by atoms with Crippen molar-refractivity contribution in [3.8, 4) is 0 Å². The molecule has 2 aliphatic rings. The Morgan fingerprint density at radius 2 is 1.90 bits per heavy atom. The number of carbonyl (C=O) groups is 2. The summed E-state index contributed by atoms with van der Waals surface area (Å²) in [5.41, 5.74) is 1.22. The number of hydrogen-bond acceptors (Lipinski definition) is 4. The lowest BCUT2D eigenvalue weighted by Gasteiger charge is -2.39. The molecule has 0 radical (unpaired) electrons. The van der Waals surface area contributed by atoms with Crippen LogP contribution in [0.2, 0.25) is 0 Å². The van der Waals surface area contributed by atoms with Crippen molar-refractivity contribution in [1.82, 2.24) is 20.0 Å². The van der Waals surface area contributed by atoms with Crippen LogP contribution in [0, 0.1) is 0 Å². The molecule has 1 N–H and O–H groups in total. The number of likely N-dealkylation sites (tertiary alicyclic amines) is 2. The largest absolute Gasteiger partial charge is 0.375 e. The normalized spacial score (nSPS) is 19.4. The zero-order chi connectivity index (χ0) is 21.9. The Kier molecular flexibility index (Phi) is 9.62. The summed E-state index contributed by atoms with van der Waals surface area (Å²) in [5, 5.41) is 3.05. The topological polar surface area (TPSA) is 65.1 Å². The average Bonchev–Trinajstić information content (AvgIpc) is 3.31. The third-order valence-corrected chi connectivity index (χ3v) is 6.32. The van der Waals surface area contributed by atoms with E-state index < -0.39 is 0 Å². The minimum absolute atomic E-state index is 0.0280. The number of ether oxygens (including phenoxy) is 1. The van der Waals surface area contributed by atoms with Crippen molar-refractivity contribution in [2.24, 2.45) is 0 Å². The molecule has 0 saturated carbocycles. The number of hydrogen-bond donors (Lipinski definition) is 1. The molecular weight excluding hydrogens is 392 g/mol. The van der Waals surface area contributed by atoms with E-state index in [1.54, 1.807) is 7.11 Å². The third-order valence-electron chi connectivity index (χ3n) is 6.32. The Morgan fingerprint density at radius 3 is 2.65 bits per heavy atom. The lowest BCUT2D eigenvalue weighted by molar-refractivity contribution is -0.138. The number of rotatable bonds is 10. The first-order chi connectivity index (χ1) is 15.2. The molecule has 7 heteroatoms. The second-order valence-electron chi connectivity index (χ2n) is 8.63. The Labute approximate surface area is 186 Å². The van der Waals surface area contributed by atoms with Gasteiger partial charge >= 0.3 is 6.03 Å². The molecule has 1 aromatic rings. The van der Waals surface area contributed by atoms with E-state index in [9.17, 15) is 9.59 Å².